The predicted molar refractivity (Wildman–Crippen MR) is 96.9 cm³/mol. The van der Waals surface area contributed by atoms with Crippen molar-refractivity contribution in [1.82, 2.24) is 0 Å². The van der Waals surface area contributed by atoms with Gasteiger partial charge in [0.1, 0.15) is 5.75 Å². The number of hydrogen-bond donors (Lipinski definition) is 1. The molecule has 2 aromatic rings. The number of anilines is 1. The number of phenolic OH excluding ortho intramolecular Hbond substituents is 1. The number of carbonyl (C=O) groups is 1. The highest BCUT2D eigenvalue weighted by Gasteiger charge is 2.33. The van der Waals surface area contributed by atoms with Crippen LogP contribution in [0.5, 0.6) is 5.75 Å². The van der Waals surface area contributed by atoms with Gasteiger partial charge in [-0.05, 0) is 35.9 Å². The van der Waals surface area contributed by atoms with Crippen LogP contribution in [0.15, 0.2) is 53.4 Å². The highest BCUT2D eigenvalue weighted by Crippen LogP contribution is 2.36. The van der Waals surface area contributed by atoms with E-state index in [2.05, 4.69) is 0 Å². The first kappa shape index (κ1) is 16.2. The van der Waals surface area contributed by atoms with Crippen LogP contribution in [0.25, 0.3) is 6.08 Å². The average molecular weight is 358 g/mol. The number of nitrogens with zero attached hydrogens (tertiary/aromatic N) is 2. The van der Waals surface area contributed by atoms with Crippen LogP contribution >= 0.6 is 24.0 Å². The lowest BCUT2D eigenvalue weighted by atomic mass is 10.2. The summed E-state index contributed by atoms with van der Waals surface area (Å²) in [5.74, 6) is -0.210. The first-order valence-electron chi connectivity index (χ1n) is 6.77. The van der Waals surface area contributed by atoms with E-state index >= 15 is 0 Å². The van der Waals surface area contributed by atoms with Gasteiger partial charge in [-0.2, -0.15) is 0 Å². The minimum Gasteiger partial charge on any atom is -0.508 e. The van der Waals surface area contributed by atoms with Crippen LogP contribution in [-0.4, -0.2) is 20.3 Å². The van der Waals surface area contributed by atoms with E-state index in [4.69, 9.17) is 12.2 Å². The molecule has 3 rings (SSSR count). The molecule has 0 aliphatic carbocycles. The molecule has 0 saturated carbocycles. The summed E-state index contributed by atoms with van der Waals surface area (Å²) in [5, 5.41) is 20.2. The fourth-order valence-electron chi connectivity index (χ4n) is 2.17. The van der Waals surface area contributed by atoms with Crippen LogP contribution in [0.3, 0.4) is 0 Å². The SMILES string of the molecule is O=C1/C(=C\c2cccc([N+](=O)[O-])c2)SC(=S)N1c1ccc(O)cc1. The lowest BCUT2D eigenvalue weighted by molar-refractivity contribution is -0.384. The summed E-state index contributed by atoms with van der Waals surface area (Å²) in [5.41, 5.74) is 1.06. The van der Waals surface area contributed by atoms with Gasteiger partial charge in [-0.3, -0.25) is 19.8 Å². The standard InChI is InChI=1S/C16H10N2O4S2/c19-13-6-4-11(5-7-13)17-15(20)14(24-16(17)23)9-10-2-1-3-12(8-10)18(21)22/h1-9,19H/b14-9+. The summed E-state index contributed by atoms with van der Waals surface area (Å²) in [7, 11) is 0. The summed E-state index contributed by atoms with van der Waals surface area (Å²) in [4.78, 5) is 24.7. The van der Waals surface area contributed by atoms with Gasteiger partial charge in [0.2, 0.25) is 0 Å². The van der Waals surface area contributed by atoms with Crippen LogP contribution in [0.1, 0.15) is 5.56 Å². The second-order valence-corrected chi connectivity index (χ2v) is 6.56. The second-order valence-electron chi connectivity index (χ2n) is 4.89. The lowest BCUT2D eigenvalue weighted by Gasteiger charge is -2.14. The number of nitro groups is 1. The lowest BCUT2D eigenvalue weighted by Crippen LogP contribution is -2.27. The Balaban J connectivity index is 1.92. The van der Waals surface area contributed by atoms with Crippen LogP contribution in [-0.2, 0) is 4.79 Å². The highest BCUT2D eigenvalue weighted by molar-refractivity contribution is 8.27. The topological polar surface area (TPSA) is 83.7 Å². The van der Waals surface area contributed by atoms with Crippen molar-refractivity contribution in [3.05, 3.63) is 69.1 Å². The number of phenols is 1. The first-order chi connectivity index (χ1) is 11.5. The molecule has 24 heavy (non-hydrogen) atoms. The molecule has 0 radical (unpaired) electrons. The molecule has 0 atom stereocenters. The number of nitro benzene ring substituents is 1. The van der Waals surface area contributed by atoms with E-state index in [-0.39, 0.29) is 17.3 Å². The van der Waals surface area contributed by atoms with Crippen molar-refractivity contribution in [2.75, 3.05) is 4.90 Å². The van der Waals surface area contributed by atoms with Gasteiger partial charge in [-0.15, -0.1) is 0 Å². The molecule has 0 spiro atoms. The highest BCUT2D eigenvalue weighted by atomic mass is 32.2. The fourth-order valence-corrected chi connectivity index (χ4v) is 3.47. The number of rotatable bonds is 3. The minimum atomic E-state index is -0.487. The minimum absolute atomic E-state index is 0.0437. The number of aromatic hydroxyl groups is 1. The normalized spacial score (nSPS) is 16.0. The number of benzene rings is 2. The Morgan fingerprint density at radius 3 is 2.58 bits per heavy atom. The molecule has 1 heterocycles. The Hall–Kier alpha value is -2.71. The third-order valence-corrected chi connectivity index (χ3v) is 4.58. The number of carbonyl (C=O) groups excluding carboxylic acids is 1. The summed E-state index contributed by atoms with van der Waals surface area (Å²) < 4.78 is 0.363. The summed E-state index contributed by atoms with van der Waals surface area (Å²) >= 11 is 6.38. The number of hydrogen-bond acceptors (Lipinski definition) is 6. The van der Waals surface area contributed by atoms with E-state index in [1.54, 1.807) is 30.3 Å². The third kappa shape index (κ3) is 3.15. The summed E-state index contributed by atoms with van der Waals surface area (Å²) in [6.07, 6.45) is 1.58. The molecule has 0 bridgehead atoms. The van der Waals surface area contributed by atoms with E-state index in [9.17, 15) is 20.0 Å². The first-order valence-corrected chi connectivity index (χ1v) is 7.99. The van der Waals surface area contributed by atoms with E-state index in [0.717, 1.165) is 11.8 Å². The average Bonchev–Trinajstić information content (AvgIpc) is 2.83. The molecule has 6 nitrogen and oxygen atoms in total. The molecule has 1 saturated heterocycles. The maximum Gasteiger partial charge on any atom is 0.270 e. The molecule has 1 aliphatic rings. The van der Waals surface area contributed by atoms with Crippen molar-refractivity contribution in [3.63, 3.8) is 0 Å². The van der Waals surface area contributed by atoms with Crippen molar-refractivity contribution in [2.24, 2.45) is 0 Å². The van der Waals surface area contributed by atoms with E-state index in [1.807, 2.05) is 0 Å². The molecule has 120 valence electrons. The molecule has 1 fully saturated rings. The number of amides is 1. The molecule has 8 heteroatoms. The van der Waals surface area contributed by atoms with Gasteiger partial charge >= 0.3 is 0 Å². The van der Waals surface area contributed by atoms with Crippen LogP contribution in [0.2, 0.25) is 0 Å². The Bertz CT molecular complexity index is 878. The molecule has 0 aromatic heterocycles. The quantitative estimate of drug-likeness (QED) is 0.390. The molecular formula is C16H10N2O4S2. The second kappa shape index (κ2) is 6.42. The molecule has 2 aromatic carbocycles. The monoisotopic (exact) mass is 358 g/mol. The Morgan fingerprint density at radius 1 is 1.21 bits per heavy atom. The maximum absolute atomic E-state index is 12.6. The number of thioether (sulfide) groups is 1. The fraction of sp³-hybridized carbons (Fsp3) is 0. The zero-order valence-corrected chi connectivity index (χ0v) is 13.7. The van der Waals surface area contributed by atoms with Gasteiger partial charge in [0.15, 0.2) is 4.32 Å². The molecule has 1 aliphatic heterocycles. The maximum atomic E-state index is 12.6. The predicted octanol–water partition coefficient (Wildman–Crippen LogP) is 3.71. The van der Waals surface area contributed by atoms with Crippen molar-refractivity contribution < 1.29 is 14.8 Å². The third-order valence-electron chi connectivity index (χ3n) is 3.28. The van der Waals surface area contributed by atoms with Gasteiger partial charge in [-0.1, -0.05) is 36.1 Å². The van der Waals surface area contributed by atoms with Crippen molar-refractivity contribution in [1.29, 1.82) is 0 Å². The largest absolute Gasteiger partial charge is 0.508 e. The smallest absolute Gasteiger partial charge is 0.270 e. The molecule has 1 N–H and O–H groups in total. The van der Waals surface area contributed by atoms with Crippen molar-refractivity contribution >= 4 is 51.7 Å². The van der Waals surface area contributed by atoms with Gasteiger partial charge in [0, 0.05) is 12.1 Å². The Labute approximate surface area is 146 Å². The van der Waals surface area contributed by atoms with Gasteiger partial charge < -0.3 is 5.11 Å². The summed E-state index contributed by atoms with van der Waals surface area (Å²) in [6, 6.07) is 12.2. The number of thiocarbonyl (C=S) groups is 1. The molecule has 0 unspecified atom stereocenters. The van der Waals surface area contributed by atoms with Crippen LogP contribution in [0, 0.1) is 10.1 Å². The van der Waals surface area contributed by atoms with Gasteiger partial charge in [0.05, 0.1) is 15.5 Å². The zero-order valence-electron chi connectivity index (χ0n) is 12.1. The van der Waals surface area contributed by atoms with Gasteiger partial charge in [-0.25, -0.2) is 0 Å². The van der Waals surface area contributed by atoms with E-state index in [1.165, 1.54) is 29.2 Å². The van der Waals surface area contributed by atoms with E-state index in [0.29, 0.717) is 20.5 Å². The van der Waals surface area contributed by atoms with Crippen molar-refractivity contribution in [2.45, 2.75) is 0 Å². The molecule has 1 amide bonds. The van der Waals surface area contributed by atoms with E-state index < -0.39 is 4.92 Å². The van der Waals surface area contributed by atoms with Crippen LogP contribution in [0.4, 0.5) is 11.4 Å². The van der Waals surface area contributed by atoms with Crippen molar-refractivity contribution in [3.8, 4) is 5.75 Å². The summed E-state index contributed by atoms with van der Waals surface area (Å²) in [6.45, 7) is 0. The Morgan fingerprint density at radius 2 is 1.92 bits per heavy atom. The van der Waals surface area contributed by atoms with Crippen LogP contribution < -0.4 is 4.90 Å². The Kier molecular flexibility index (Phi) is 4.32. The zero-order chi connectivity index (χ0) is 17.3. The molecular weight excluding hydrogens is 348 g/mol. The number of non-ortho nitro benzene ring substituents is 1. The van der Waals surface area contributed by atoms with Gasteiger partial charge in [0.25, 0.3) is 11.6 Å².